The van der Waals surface area contributed by atoms with Crippen molar-refractivity contribution < 1.29 is 0 Å². The van der Waals surface area contributed by atoms with Crippen LogP contribution < -0.4 is 0 Å². The number of aromatic nitrogens is 6. The third-order valence-corrected chi connectivity index (χ3v) is 8.22. The minimum atomic E-state index is 0.812. The van der Waals surface area contributed by atoms with Crippen molar-refractivity contribution in [3.8, 4) is 11.4 Å². The molecule has 0 saturated carbocycles. The van der Waals surface area contributed by atoms with Gasteiger partial charge in [0.15, 0.2) is 10.3 Å². The fourth-order valence-electron chi connectivity index (χ4n) is 4.17. The van der Waals surface area contributed by atoms with E-state index in [0.717, 1.165) is 44.8 Å². The van der Waals surface area contributed by atoms with E-state index in [2.05, 4.69) is 79.8 Å². The molecule has 0 bridgehead atoms. The van der Waals surface area contributed by atoms with Crippen molar-refractivity contribution in [3.05, 3.63) is 107 Å². The first-order valence-electron chi connectivity index (χ1n) is 11.8. The quantitative estimate of drug-likeness (QED) is 0.217. The molecule has 2 aromatic heterocycles. The van der Waals surface area contributed by atoms with Gasteiger partial charge in [-0.05, 0) is 74.2 Å². The lowest BCUT2D eigenvalue weighted by Crippen LogP contribution is -2.02. The van der Waals surface area contributed by atoms with Gasteiger partial charge < -0.3 is 0 Å². The van der Waals surface area contributed by atoms with Crippen LogP contribution in [0.3, 0.4) is 0 Å². The third kappa shape index (κ3) is 4.96. The van der Waals surface area contributed by atoms with Gasteiger partial charge in [-0.3, -0.25) is 9.13 Å². The van der Waals surface area contributed by atoms with Crippen LogP contribution in [0.4, 0.5) is 0 Å². The molecule has 0 aliphatic heterocycles. The van der Waals surface area contributed by atoms with Gasteiger partial charge in [0, 0.05) is 22.9 Å². The third-order valence-electron chi connectivity index (χ3n) is 6.29. The van der Waals surface area contributed by atoms with Crippen molar-refractivity contribution >= 4 is 23.5 Å². The van der Waals surface area contributed by atoms with Crippen LogP contribution in [0.5, 0.6) is 0 Å². The molecule has 0 aliphatic carbocycles. The SMILES string of the molecule is Cc1ccc(CSc2nnc(C)n2-c2ccccc2)c(CSc2nnc(C)n2-c2ccccc2)c1C. The molecule has 5 rings (SSSR count). The van der Waals surface area contributed by atoms with Gasteiger partial charge in [0.2, 0.25) is 0 Å². The molecule has 0 aliphatic rings. The molecular formula is C28H28N6S2. The second-order valence-corrected chi connectivity index (χ2v) is 10.5. The normalized spacial score (nSPS) is 11.2. The number of para-hydroxylation sites is 2. The summed E-state index contributed by atoms with van der Waals surface area (Å²) < 4.78 is 4.24. The van der Waals surface area contributed by atoms with Gasteiger partial charge in [-0.1, -0.05) is 72.1 Å². The number of hydrogen-bond donors (Lipinski definition) is 0. The highest BCUT2D eigenvalue weighted by atomic mass is 32.2. The summed E-state index contributed by atoms with van der Waals surface area (Å²) in [5, 5.41) is 19.4. The summed E-state index contributed by atoms with van der Waals surface area (Å²) in [4.78, 5) is 0. The lowest BCUT2D eigenvalue weighted by Gasteiger charge is -2.15. The standard InChI is InChI=1S/C28H28N6S2/c1-19-15-16-23(17-35-27-31-29-21(3)33(27)24-11-7-5-8-12-24)26(20(19)2)18-36-28-32-30-22(4)34(28)25-13-9-6-10-14-25/h5-16H,17-18H2,1-4H3. The summed E-state index contributed by atoms with van der Waals surface area (Å²) in [7, 11) is 0. The van der Waals surface area contributed by atoms with Crippen molar-refractivity contribution in [1.29, 1.82) is 0 Å². The number of aryl methyl sites for hydroxylation is 3. The zero-order valence-electron chi connectivity index (χ0n) is 20.8. The topological polar surface area (TPSA) is 61.4 Å². The summed E-state index contributed by atoms with van der Waals surface area (Å²) >= 11 is 3.44. The van der Waals surface area contributed by atoms with Gasteiger partial charge in [0.05, 0.1) is 0 Å². The summed E-state index contributed by atoms with van der Waals surface area (Å²) in [5.74, 6) is 3.40. The highest BCUT2D eigenvalue weighted by Gasteiger charge is 2.16. The average molecular weight is 513 g/mol. The number of benzene rings is 3. The Balaban J connectivity index is 1.39. The van der Waals surface area contributed by atoms with Crippen molar-refractivity contribution in [1.82, 2.24) is 29.5 Å². The van der Waals surface area contributed by atoms with Crippen molar-refractivity contribution in [2.75, 3.05) is 0 Å². The Morgan fingerprint density at radius 3 is 1.61 bits per heavy atom. The first kappa shape index (κ1) is 24.3. The van der Waals surface area contributed by atoms with Gasteiger partial charge in [-0.2, -0.15) is 0 Å². The monoisotopic (exact) mass is 512 g/mol. The van der Waals surface area contributed by atoms with Crippen molar-refractivity contribution in [2.24, 2.45) is 0 Å². The number of nitrogens with zero attached hydrogens (tertiary/aromatic N) is 6. The Labute approximate surface area is 220 Å². The van der Waals surface area contributed by atoms with Crippen LogP contribution in [0, 0.1) is 27.7 Å². The zero-order valence-corrected chi connectivity index (χ0v) is 22.5. The first-order valence-corrected chi connectivity index (χ1v) is 13.8. The zero-order chi connectivity index (χ0) is 25.1. The smallest absolute Gasteiger partial charge is 0.196 e. The summed E-state index contributed by atoms with van der Waals surface area (Å²) in [5.41, 5.74) is 7.42. The van der Waals surface area contributed by atoms with E-state index in [4.69, 9.17) is 0 Å². The van der Waals surface area contributed by atoms with E-state index in [0.29, 0.717) is 0 Å². The molecule has 6 nitrogen and oxygen atoms in total. The Morgan fingerprint density at radius 1 is 0.583 bits per heavy atom. The number of rotatable bonds is 8. The first-order chi connectivity index (χ1) is 17.5. The van der Waals surface area contributed by atoms with Crippen molar-refractivity contribution in [2.45, 2.75) is 49.5 Å². The fourth-order valence-corrected chi connectivity index (χ4v) is 6.33. The maximum atomic E-state index is 4.48. The molecule has 0 N–H and O–H groups in total. The van der Waals surface area contributed by atoms with Gasteiger partial charge in [-0.25, -0.2) is 0 Å². The van der Waals surface area contributed by atoms with Crippen LogP contribution in [0.1, 0.15) is 33.9 Å². The van der Waals surface area contributed by atoms with Crippen LogP contribution in [-0.4, -0.2) is 29.5 Å². The van der Waals surface area contributed by atoms with Crippen molar-refractivity contribution in [3.63, 3.8) is 0 Å². The molecule has 5 aromatic rings. The summed E-state index contributed by atoms with van der Waals surface area (Å²) in [6.07, 6.45) is 0. The molecule has 2 heterocycles. The Morgan fingerprint density at radius 2 is 1.08 bits per heavy atom. The highest BCUT2D eigenvalue weighted by Crippen LogP contribution is 2.32. The van der Waals surface area contributed by atoms with E-state index < -0.39 is 0 Å². The molecule has 0 atom stereocenters. The predicted molar refractivity (Wildman–Crippen MR) is 147 cm³/mol. The van der Waals surface area contributed by atoms with Crippen LogP contribution in [-0.2, 0) is 11.5 Å². The van der Waals surface area contributed by atoms with E-state index in [1.165, 1.54) is 22.3 Å². The molecule has 0 radical (unpaired) electrons. The molecule has 0 saturated heterocycles. The molecule has 8 heteroatoms. The Bertz CT molecular complexity index is 1480. The van der Waals surface area contributed by atoms with Gasteiger partial charge in [0.25, 0.3) is 0 Å². The summed E-state index contributed by atoms with van der Waals surface area (Å²) in [6, 6.07) is 25.0. The van der Waals surface area contributed by atoms with Crippen LogP contribution >= 0.6 is 23.5 Å². The van der Waals surface area contributed by atoms with Crippen LogP contribution in [0.15, 0.2) is 83.1 Å². The van der Waals surface area contributed by atoms with E-state index in [-0.39, 0.29) is 0 Å². The van der Waals surface area contributed by atoms with Crippen LogP contribution in [0.2, 0.25) is 0 Å². The van der Waals surface area contributed by atoms with E-state index in [1.54, 1.807) is 23.5 Å². The molecule has 36 heavy (non-hydrogen) atoms. The fraction of sp³-hybridized carbons (Fsp3) is 0.214. The largest absolute Gasteiger partial charge is 0.274 e. The Hall–Kier alpha value is -3.36. The molecule has 0 amide bonds. The molecule has 0 unspecified atom stereocenters. The number of thioether (sulfide) groups is 2. The maximum Gasteiger partial charge on any atom is 0.196 e. The van der Waals surface area contributed by atoms with E-state index in [9.17, 15) is 0 Å². The molecule has 182 valence electrons. The van der Waals surface area contributed by atoms with Gasteiger partial charge in [0.1, 0.15) is 11.6 Å². The lowest BCUT2D eigenvalue weighted by molar-refractivity contribution is 0.867. The molecule has 0 spiro atoms. The molecule has 0 fully saturated rings. The maximum absolute atomic E-state index is 4.48. The average Bonchev–Trinajstić information content (AvgIpc) is 3.46. The summed E-state index contributed by atoms with van der Waals surface area (Å²) in [6.45, 7) is 8.37. The Kier molecular flexibility index (Phi) is 7.25. The van der Waals surface area contributed by atoms with Crippen LogP contribution in [0.25, 0.3) is 11.4 Å². The molecular weight excluding hydrogens is 484 g/mol. The van der Waals surface area contributed by atoms with E-state index in [1.807, 2.05) is 50.2 Å². The predicted octanol–water partition coefficient (Wildman–Crippen LogP) is 6.67. The van der Waals surface area contributed by atoms with E-state index >= 15 is 0 Å². The second-order valence-electron chi connectivity index (χ2n) is 8.62. The van der Waals surface area contributed by atoms with Gasteiger partial charge >= 0.3 is 0 Å². The minimum Gasteiger partial charge on any atom is -0.274 e. The lowest BCUT2D eigenvalue weighted by atomic mass is 10.00. The molecule has 3 aromatic carbocycles. The highest BCUT2D eigenvalue weighted by molar-refractivity contribution is 7.98. The van der Waals surface area contributed by atoms with Gasteiger partial charge in [-0.15, -0.1) is 20.4 Å². The second kappa shape index (κ2) is 10.7. The minimum absolute atomic E-state index is 0.812. The number of hydrogen-bond acceptors (Lipinski definition) is 6.